The van der Waals surface area contributed by atoms with Gasteiger partial charge in [-0.15, -0.1) is 0 Å². The van der Waals surface area contributed by atoms with Gasteiger partial charge in [0.05, 0.1) is 11.9 Å². The van der Waals surface area contributed by atoms with Crippen molar-refractivity contribution in [1.82, 2.24) is 4.57 Å². The topological polar surface area (TPSA) is 59.3 Å². The summed E-state index contributed by atoms with van der Waals surface area (Å²) in [5.74, 6) is -0.826. The van der Waals surface area contributed by atoms with Crippen LogP contribution < -0.4 is 0 Å². The maximum atomic E-state index is 12.7. The summed E-state index contributed by atoms with van der Waals surface area (Å²) in [7, 11) is 0. The number of carboxylic acids is 1. The van der Waals surface area contributed by atoms with Gasteiger partial charge in [0.25, 0.3) is 0 Å². The lowest BCUT2D eigenvalue weighted by Crippen LogP contribution is -2.09. The van der Waals surface area contributed by atoms with Crippen LogP contribution >= 0.6 is 0 Å². The third kappa shape index (κ3) is 9.42. The van der Waals surface area contributed by atoms with Crippen LogP contribution in [0.1, 0.15) is 107 Å². The fraction of sp³-hybridized carbons (Fsp3) is 0.571. The number of carbonyl (C=O) groups is 2. The highest BCUT2D eigenvalue weighted by atomic mass is 16.4. The second-order valence-electron chi connectivity index (χ2n) is 8.84. The minimum absolute atomic E-state index is 0.0514. The molecule has 1 aromatic carbocycles. The monoisotopic (exact) mass is 439 g/mol. The first kappa shape index (κ1) is 25.9. The molecule has 0 aliphatic heterocycles. The number of hydrogen-bond acceptors (Lipinski definition) is 2. The second kappa shape index (κ2) is 15.4. The summed E-state index contributed by atoms with van der Waals surface area (Å²) >= 11 is 0. The van der Waals surface area contributed by atoms with Crippen molar-refractivity contribution in [3.05, 3.63) is 48.2 Å². The maximum Gasteiger partial charge on any atom is 0.307 e. The number of rotatable bonds is 17. The van der Waals surface area contributed by atoms with Crippen molar-refractivity contribution in [3.63, 3.8) is 0 Å². The second-order valence-corrected chi connectivity index (χ2v) is 8.84. The Morgan fingerprint density at radius 3 is 2.09 bits per heavy atom. The molecule has 0 aliphatic carbocycles. The fourth-order valence-electron chi connectivity index (χ4n) is 4.23. The third-order valence-corrected chi connectivity index (χ3v) is 6.06. The highest BCUT2D eigenvalue weighted by molar-refractivity contribution is 5.95. The van der Waals surface area contributed by atoms with Crippen molar-refractivity contribution >= 4 is 22.8 Å². The van der Waals surface area contributed by atoms with Gasteiger partial charge in [0.15, 0.2) is 0 Å². The van der Waals surface area contributed by atoms with Gasteiger partial charge < -0.3 is 5.11 Å². The molecule has 176 valence electrons. The molecule has 2 aromatic rings. The van der Waals surface area contributed by atoms with Gasteiger partial charge in [0.1, 0.15) is 0 Å². The highest BCUT2D eigenvalue weighted by Crippen LogP contribution is 2.23. The highest BCUT2D eigenvalue weighted by Gasteiger charge is 2.14. The summed E-state index contributed by atoms with van der Waals surface area (Å²) in [6.07, 6.45) is 22.9. The van der Waals surface area contributed by atoms with E-state index in [0.717, 1.165) is 36.6 Å². The van der Waals surface area contributed by atoms with Gasteiger partial charge in [-0.1, -0.05) is 88.6 Å². The van der Waals surface area contributed by atoms with E-state index in [2.05, 4.69) is 19.1 Å². The fourth-order valence-corrected chi connectivity index (χ4v) is 4.23. The van der Waals surface area contributed by atoms with Gasteiger partial charge in [0, 0.05) is 18.0 Å². The van der Waals surface area contributed by atoms with E-state index >= 15 is 0 Å². The molecule has 32 heavy (non-hydrogen) atoms. The zero-order valence-corrected chi connectivity index (χ0v) is 19.9. The van der Waals surface area contributed by atoms with Crippen LogP contribution in [-0.4, -0.2) is 21.6 Å². The van der Waals surface area contributed by atoms with Crippen molar-refractivity contribution in [2.24, 2.45) is 0 Å². The van der Waals surface area contributed by atoms with Crippen LogP contribution in [0.3, 0.4) is 0 Å². The number of unbranched alkanes of at least 4 members (excludes halogenated alkanes) is 11. The van der Waals surface area contributed by atoms with Crippen molar-refractivity contribution in [1.29, 1.82) is 0 Å². The van der Waals surface area contributed by atoms with E-state index in [-0.39, 0.29) is 12.3 Å². The average Bonchev–Trinajstić information content (AvgIpc) is 3.14. The molecule has 0 saturated heterocycles. The summed E-state index contributed by atoms with van der Waals surface area (Å²) in [6, 6.07) is 7.54. The van der Waals surface area contributed by atoms with Crippen LogP contribution in [-0.2, 0) is 11.2 Å². The Hall–Kier alpha value is -2.36. The first-order valence-corrected chi connectivity index (χ1v) is 12.6. The molecule has 1 heterocycles. The van der Waals surface area contributed by atoms with Crippen LogP contribution in [0.5, 0.6) is 0 Å². The molecule has 1 aromatic heterocycles. The Balaban J connectivity index is 1.58. The van der Waals surface area contributed by atoms with Gasteiger partial charge in [0.2, 0.25) is 5.91 Å². The lowest BCUT2D eigenvalue weighted by Gasteiger charge is -2.04. The summed E-state index contributed by atoms with van der Waals surface area (Å²) in [6.45, 7) is 2.26. The zero-order chi connectivity index (χ0) is 23.0. The van der Waals surface area contributed by atoms with Crippen LogP contribution in [0, 0.1) is 0 Å². The van der Waals surface area contributed by atoms with E-state index < -0.39 is 5.97 Å². The standard InChI is InChI=1S/C28H41NO3/c1-2-3-4-5-6-7-8-9-10-11-12-13-14-15-16-21-27(30)29-23-24(22-28(31)32)25-19-17-18-20-26(25)29/h9-10,17-20,23H,2-8,11-16,21-22H2,1H3,(H,31,32). The quantitative estimate of drug-likeness (QED) is 0.201. The lowest BCUT2D eigenvalue weighted by atomic mass is 10.1. The number of carboxylic acid groups (broad SMARTS) is 1. The van der Waals surface area contributed by atoms with Crippen molar-refractivity contribution < 1.29 is 14.7 Å². The van der Waals surface area contributed by atoms with Crippen molar-refractivity contribution in [3.8, 4) is 0 Å². The summed E-state index contributed by atoms with van der Waals surface area (Å²) in [5, 5.41) is 9.98. The molecule has 2 rings (SSSR count). The maximum absolute atomic E-state index is 12.7. The zero-order valence-electron chi connectivity index (χ0n) is 19.9. The van der Waals surface area contributed by atoms with E-state index in [9.17, 15) is 9.59 Å². The SMILES string of the molecule is CCCCCCCCC=CCCCCCCCC(=O)n1cc(CC(=O)O)c2ccccc21. The summed E-state index contributed by atoms with van der Waals surface area (Å²) in [5.41, 5.74) is 1.51. The number of nitrogens with zero attached hydrogens (tertiary/aromatic N) is 1. The molecular weight excluding hydrogens is 398 g/mol. The molecule has 4 heteroatoms. The minimum atomic E-state index is -0.877. The molecule has 4 nitrogen and oxygen atoms in total. The van der Waals surface area contributed by atoms with E-state index in [0.29, 0.717) is 12.0 Å². The number of allylic oxidation sites excluding steroid dienone is 2. The average molecular weight is 440 g/mol. The minimum Gasteiger partial charge on any atom is -0.481 e. The smallest absolute Gasteiger partial charge is 0.307 e. The number of benzene rings is 1. The Kier molecular flexibility index (Phi) is 12.5. The third-order valence-electron chi connectivity index (χ3n) is 6.06. The Bertz CT molecular complexity index is 849. The molecule has 0 fully saturated rings. The van der Waals surface area contributed by atoms with Crippen LogP contribution in [0.4, 0.5) is 0 Å². The largest absolute Gasteiger partial charge is 0.481 e. The number of aliphatic carboxylic acids is 1. The van der Waals surface area contributed by atoms with Gasteiger partial charge in [-0.3, -0.25) is 14.2 Å². The summed E-state index contributed by atoms with van der Waals surface area (Å²) in [4.78, 5) is 23.8. The molecule has 0 amide bonds. The number of hydrogen-bond donors (Lipinski definition) is 1. The predicted molar refractivity (Wildman–Crippen MR) is 133 cm³/mol. The van der Waals surface area contributed by atoms with Crippen molar-refractivity contribution in [2.75, 3.05) is 0 Å². The van der Waals surface area contributed by atoms with Gasteiger partial charge >= 0.3 is 5.97 Å². The van der Waals surface area contributed by atoms with Crippen LogP contribution in [0.2, 0.25) is 0 Å². The molecule has 0 bridgehead atoms. The van der Waals surface area contributed by atoms with Gasteiger partial charge in [-0.2, -0.15) is 0 Å². The lowest BCUT2D eigenvalue weighted by molar-refractivity contribution is -0.136. The Labute approximate surface area is 193 Å². The van der Waals surface area contributed by atoms with Crippen molar-refractivity contribution in [2.45, 2.75) is 103 Å². The number of para-hydroxylation sites is 1. The number of carbonyl (C=O) groups excluding carboxylic acids is 1. The molecule has 0 spiro atoms. The van der Waals surface area contributed by atoms with E-state index in [1.54, 1.807) is 10.8 Å². The Morgan fingerprint density at radius 2 is 1.44 bits per heavy atom. The molecule has 0 aliphatic rings. The molecule has 0 atom stereocenters. The van der Waals surface area contributed by atoms with Crippen LogP contribution in [0.25, 0.3) is 10.9 Å². The number of aromatic nitrogens is 1. The molecule has 0 unspecified atom stereocenters. The summed E-state index contributed by atoms with van der Waals surface area (Å²) < 4.78 is 1.64. The van der Waals surface area contributed by atoms with E-state index in [1.165, 1.54) is 57.8 Å². The first-order chi connectivity index (χ1) is 15.6. The molecule has 0 saturated carbocycles. The van der Waals surface area contributed by atoms with E-state index in [1.807, 2.05) is 24.3 Å². The molecular formula is C28H41NO3. The molecule has 1 N–H and O–H groups in total. The van der Waals surface area contributed by atoms with Crippen LogP contribution in [0.15, 0.2) is 42.6 Å². The predicted octanol–water partition coefficient (Wildman–Crippen LogP) is 7.95. The molecule has 0 radical (unpaired) electrons. The van der Waals surface area contributed by atoms with Gasteiger partial charge in [-0.05, 0) is 43.7 Å². The normalized spacial score (nSPS) is 11.5. The van der Waals surface area contributed by atoms with Gasteiger partial charge in [-0.25, -0.2) is 0 Å². The number of fused-ring (bicyclic) bond motifs is 1. The first-order valence-electron chi connectivity index (χ1n) is 12.6. The Morgan fingerprint density at radius 1 is 0.844 bits per heavy atom. The van der Waals surface area contributed by atoms with E-state index in [4.69, 9.17) is 5.11 Å².